The number of allylic oxidation sites excluding steroid dienone is 2. The quantitative estimate of drug-likeness (QED) is 0.193. The Morgan fingerprint density at radius 3 is 2.08 bits per heavy atom. The fourth-order valence-corrected chi connectivity index (χ4v) is 7.82. The van der Waals surface area contributed by atoms with Crippen LogP contribution in [0.15, 0.2) is 186 Å². The molecule has 3 nitrogen and oxygen atoms in total. The fraction of sp³-hybridized carbons (Fsp3) is 0.0417. The van der Waals surface area contributed by atoms with Crippen LogP contribution in [-0.2, 0) is 0 Å². The third-order valence-electron chi connectivity index (χ3n) is 10.3. The van der Waals surface area contributed by atoms with Crippen molar-refractivity contribution in [3.05, 3.63) is 188 Å². The van der Waals surface area contributed by atoms with E-state index in [0.717, 1.165) is 61.9 Å². The summed E-state index contributed by atoms with van der Waals surface area (Å²) < 4.78 is 6.40. The number of benzene rings is 7. The molecule has 7 aromatic carbocycles. The van der Waals surface area contributed by atoms with Crippen LogP contribution in [0.1, 0.15) is 12.0 Å². The number of hydrogen-bond acceptors (Lipinski definition) is 2. The standard InChI is InChI=1S/C48H34N2O/c1-2-10-32(11-3-1)33-20-25-37(26-21-33)50(38-27-22-34(23-28-38)40-16-9-17-44-43-15-5-7-19-47(43)51-48(40)44)39-13-8-12-35(30-39)36-24-29-42-41-14-4-6-18-45(41)49-46(42)31-36/h1-25,27-31,37,49H,26H2. The number of furan rings is 1. The van der Waals surface area contributed by atoms with Crippen LogP contribution >= 0.6 is 0 Å². The summed E-state index contributed by atoms with van der Waals surface area (Å²) in [6.07, 6.45) is 7.90. The van der Waals surface area contributed by atoms with Crippen LogP contribution in [-0.4, -0.2) is 11.0 Å². The first-order valence-corrected chi connectivity index (χ1v) is 17.6. The van der Waals surface area contributed by atoms with Gasteiger partial charge in [0, 0.05) is 49.5 Å². The summed E-state index contributed by atoms with van der Waals surface area (Å²) in [5.41, 5.74) is 13.6. The molecule has 1 aliphatic carbocycles. The smallest absolute Gasteiger partial charge is 0.143 e. The van der Waals surface area contributed by atoms with Gasteiger partial charge in [-0.15, -0.1) is 0 Å². The lowest BCUT2D eigenvalue weighted by molar-refractivity contribution is 0.670. The first kappa shape index (κ1) is 29.3. The Bertz CT molecular complexity index is 2780. The lowest BCUT2D eigenvalue weighted by Crippen LogP contribution is -2.30. The van der Waals surface area contributed by atoms with Crippen molar-refractivity contribution in [2.45, 2.75) is 12.5 Å². The van der Waals surface area contributed by atoms with Crippen LogP contribution in [0.3, 0.4) is 0 Å². The van der Waals surface area contributed by atoms with Crippen molar-refractivity contribution in [3.63, 3.8) is 0 Å². The normalized spacial score (nSPS) is 14.4. The van der Waals surface area contributed by atoms with E-state index in [1.54, 1.807) is 0 Å². The summed E-state index contributed by atoms with van der Waals surface area (Å²) in [5.74, 6) is 0. The van der Waals surface area contributed by atoms with Gasteiger partial charge in [0.05, 0.1) is 6.04 Å². The van der Waals surface area contributed by atoms with E-state index in [1.165, 1.54) is 33.0 Å². The second-order valence-corrected chi connectivity index (χ2v) is 13.4. The van der Waals surface area contributed by atoms with Gasteiger partial charge >= 0.3 is 0 Å². The van der Waals surface area contributed by atoms with E-state index in [1.807, 2.05) is 12.1 Å². The summed E-state index contributed by atoms with van der Waals surface area (Å²) in [6, 6.07) is 58.7. The van der Waals surface area contributed by atoms with Crippen LogP contribution in [0.2, 0.25) is 0 Å². The predicted octanol–water partition coefficient (Wildman–Crippen LogP) is 13.1. The van der Waals surface area contributed by atoms with E-state index >= 15 is 0 Å². The molecule has 0 bridgehead atoms. The molecule has 0 amide bonds. The van der Waals surface area contributed by atoms with E-state index in [2.05, 4.69) is 180 Å². The number of rotatable bonds is 6. The molecule has 0 fully saturated rings. The summed E-state index contributed by atoms with van der Waals surface area (Å²) in [4.78, 5) is 6.10. The van der Waals surface area contributed by atoms with Gasteiger partial charge in [0.1, 0.15) is 11.2 Å². The van der Waals surface area contributed by atoms with E-state index in [-0.39, 0.29) is 6.04 Å². The van der Waals surface area contributed by atoms with Crippen molar-refractivity contribution in [3.8, 4) is 22.3 Å². The lowest BCUT2D eigenvalue weighted by Gasteiger charge is -2.33. The number of fused-ring (bicyclic) bond motifs is 6. The van der Waals surface area contributed by atoms with Gasteiger partial charge in [0.15, 0.2) is 0 Å². The fourth-order valence-electron chi connectivity index (χ4n) is 7.82. The van der Waals surface area contributed by atoms with Crippen molar-refractivity contribution in [1.82, 2.24) is 4.98 Å². The highest BCUT2D eigenvalue weighted by molar-refractivity contribution is 6.10. The molecule has 0 radical (unpaired) electrons. The maximum Gasteiger partial charge on any atom is 0.143 e. The van der Waals surface area contributed by atoms with Crippen LogP contribution < -0.4 is 4.90 Å². The number of H-pyrrole nitrogens is 1. The average Bonchev–Trinajstić information content (AvgIpc) is 3.77. The van der Waals surface area contributed by atoms with Crippen molar-refractivity contribution in [2.24, 2.45) is 0 Å². The molecule has 1 aliphatic rings. The summed E-state index contributed by atoms with van der Waals surface area (Å²) in [5, 5.41) is 4.79. The highest BCUT2D eigenvalue weighted by Crippen LogP contribution is 2.39. The molecule has 242 valence electrons. The summed E-state index contributed by atoms with van der Waals surface area (Å²) >= 11 is 0. The molecule has 1 atom stereocenters. The monoisotopic (exact) mass is 654 g/mol. The number of aromatic nitrogens is 1. The number of para-hydroxylation sites is 3. The van der Waals surface area contributed by atoms with Crippen LogP contribution in [0.5, 0.6) is 0 Å². The van der Waals surface area contributed by atoms with E-state index in [0.29, 0.717) is 0 Å². The molecular formula is C48H34N2O. The zero-order valence-corrected chi connectivity index (χ0v) is 28.0. The summed E-state index contributed by atoms with van der Waals surface area (Å²) in [6.45, 7) is 0. The third kappa shape index (κ3) is 5.14. The Kier molecular flexibility index (Phi) is 6.95. The molecule has 1 N–H and O–H groups in total. The highest BCUT2D eigenvalue weighted by atomic mass is 16.3. The maximum atomic E-state index is 6.40. The van der Waals surface area contributed by atoms with Gasteiger partial charge in [0.2, 0.25) is 0 Å². The zero-order chi connectivity index (χ0) is 33.7. The number of nitrogens with one attached hydrogen (secondary N) is 1. The molecule has 0 saturated carbocycles. The first-order valence-electron chi connectivity index (χ1n) is 17.6. The topological polar surface area (TPSA) is 32.2 Å². The number of hydrogen-bond donors (Lipinski definition) is 1. The summed E-state index contributed by atoms with van der Waals surface area (Å²) in [7, 11) is 0. The van der Waals surface area contributed by atoms with Crippen molar-refractivity contribution >= 4 is 60.7 Å². The Balaban J connectivity index is 1.04. The third-order valence-corrected chi connectivity index (χ3v) is 10.3. The Labute approximate surface area is 296 Å². The van der Waals surface area contributed by atoms with E-state index < -0.39 is 0 Å². The largest absolute Gasteiger partial charge is 0.455 e. The Morgan fingerprint density at radius 1 is 0.510 bits per heavy atom. The molecule has 3 heteroatoms. The minimum Gasteiger partial charge on any atom is -0.455 e. The Hall–Kier alpha value is -6.58. The zero-order valence-electron chi connectivity index (χ0n) is 28.0. The van der Waals surface area contributed by atoms with Crippen molar-refractivity contribution in [1.29, 1.82) is 0 Å². The van der Waals surface area contributed by atoms with E-state index in [4.69, 9.17) is 4.42 Å². The molecule has 0 saturated heterocycles. The van der Waals surface area contributed by atoms with Gasteiger partial charge in [-0.05, 0) is 76.7 Å². The SMILES string of the molecule is C1=CC(N(c2ccc(-c3cccc4c3oc3ccccc34)cc2)c2cccc(-c3ccc4c(c3)[nH]c3ccccc34)c2)CC=C1c1ccccc1. The molecule has 0 aliphatic heterocycles. The lowest BCUT2D eigenvalue weighted by atomic mass is 9.95. The Morgan fingerprint density at radius 2 is 1.22 bits per heavy atom. The number of aromatic amines is 1. The van der Waals surface area contributed by atoms with Crippen molar-refractivity contribution in [2.75, 3.05) is 4.90 Å². The average molecular weight is 655 g/mol. The minimum absolute atomic E-state index is 0.147. The molecule has 9 aromatic rings. The molecular weight excluding hydrogens is 621 g/mol. The van der Waals surface area contributed by atoms with Gasteiger partial charge in [-0.3, -0.25) is 0 Å². The van der Waals surface area contributed by atoms with Gasteiger partial charge in [-0.25, -0.2) is 0 Å². The van der Waals surface area contributed by atoms with Gasteiger partial charge in [-0.2, -0.15) is 0 Å². The number of anilines is 2. The molecule has 10 rings (SSSR count). The minimum atomic E-state index is 0.147. The van der Waals surface area contributed by atoms with E-state index in [9.17, 15) is 0 Å². The van der Waals surface area contributed by atoms with Crippen molar-refractivity contribution < 1.29 is 4.42 Å². The molecule has 2 heterocycles. The maximum absolute atomic E-state index is 6.40. The first-order chi connectivity index (χ1) is 25.3. The van der Waals surface area contributed by atoms with Crippen LogP contribution in [0.25, 0.3) is 71.6 Å². The molecule has 1 unspecified atom stereocenters. The second-order valence-electron chi connectivity index (χ2n) is 13.4. The number of nitrogens with zero attached hydrogens (tertiary/aromatic N) is 1. The van der Waals surface area contributed by atoms with Crippen LogP contribution in [0, 0.1) is 0 Å². The second kappa shape index (κ2) is 12.1. The highest BCUT2D eigenvalue weighted by Gasteiger charge is 2.22. The van der Waals surface area contributed by atoms with Gasteiger partial charge < -0.3 is 14.3 Å². The van der Waals surface area contributed by atoms with Gasteiger partial charge in [-0.1, -0.05) is 140 Å². The van der Waals surface area contributed by atoms with Crippen LogP contribution in [0.4, 0.5) is 11.4 Å². The molecule has 2 aromatic heterocycles. The predicted molar refractivity (Wildman–Crippen MR) is 214 cm³/mol. The van der Waals surface area contributed by atoms with Gasteiger partial charge in [0.25, 0.3) is 0 Å². The molecule has 0 spiro atoms. The molecule has 51 heavy (non-hydrogen) atoms.